The lowest BCUT2D eigenvalue weighted by atomic mass is 9.73. The number of carbonyl (C=O) groups is 2. The standard InChI is InChI=1S/C18H24FNO4/c1-17(2,3)24-15(21)18(8-10-20(11-9-18)16(22)23)12-13-4-6-14(19)7-5-13/h4-7H,8-12H2,1-3H3,(H,22,23). The Morgan fingerprint density at radius 3 is 2.21 bits per heavy atom. The Kier molecular flexibility index (Phi) is 5.16. The van der Waals surface area contributed by atoms with Gasteiger partial charge in [0, 0.05) is 13.1 Å². The number of rotatable bonds is 3. The molecule has 1 fully saturated rings. The van der Waals surface area contributed by atoms with Crippen molar-refractivity contribution in [1.82, 2.24) is 4.90 Å². The molecule has 0 saturated carbocycles. The summed E-state index contributed by atoms with van der Waals surface area (Å²) in [6.45, 7) is 6.00. The predicted molar refractivity (Wildman–Crippen MR) is 87.2 cm³/mol. The summed E-state index contributed by atoms with van der Waals surface area (Å²) in [6.07, 6.45) is 0.224. The maximum Gasteiger partial charge on any atom is 0.407 e. The van der Waals surface area contributed by atoms with Crippen LogP contribution in [0.25, 0.3) is 0 Å². The zero-order chi connectivity index (χ0) is 18.0. The molecule has 1 N–H and O–H groups in total. The number of esters is 1. The van der Waals surface area contributed by atoms with Gasteiger partial charge in [-0.1, -0.05) is 12.1 Å². The summed E-state index contributed by atoms with van der Waals surface area (Å²) >= 11 is 0. The number of amides is 1. The minimum absolute atomic E-state index is 0.287. The first-order chi connectivity index (χ1) is 11.1. The Morgan fingerprint density at radius 1 is 1.21 bits per heavy atom. The van der Waals surface area contributed by atoms with E-state index in [1.807, 2.05) is 20.8 Å². The highest BCUT2D eigenvalue weighted by Gasteiger charge is 2.44. The molecule has 1 aliphatic heterocycles. The Hall–Kier alpha value is -2.11. The fourth-order valence-electron chi connectivity index (χ4n) is 2.96. The van der Waals surface area contributed by atoms with E-state index in [-0.39, 0.29) is 24.9 Å². The summed E-state index contributed by atoms with van der Waals surface area (Å²) in [5.74, 6) is -0.643. The second-order valence-corrected chi connectivity index (χ2v) is 7.36. The molecule has 1 aromatic carbocycles. The lowest BCUT2D eigenvalue weighted by Gasteiger charge is -2.40. The first-order valence-electron chi connectivity index (χ1n) is 8.07. The van der Waals surface area contributed by atoms with Gasteiger partial charge in [0.1, 0.15) is 11.4 Å². The normalized spacial score (nSPS) is 17.4. The average Bonchev–Trinajstić information content (AvgIpc) is 2.48. The molecule has 0 bridgehead atoms. The third-order valence-electron chi connectivity index (χ3n) is 4.28. The monoisotopic (exact) mass is 337 g/mol. The van der Waals surface area contributed by atoms with E-state index >= 15 is 0 Å². The molecule has 1 aromatic rings. The summed E-state index contributed by atoms with van der Waals surface area (Å²) in [7, 11) is 0. The van der Waals surface area contributed by atoms with Crippen molar-refractivity contribution >= 4 is 12.1 Å². The highest BCUT2D eigenvalue weighted by atomic mass is 19.1. The van der Waals surface area contributed by atoms with Crippen LogP contribution in [0.4, 0.5) is 9.18 Å². The Morgan fingerprint density at radius 2 is 1.75 bits per heavy atom. The second-order valence-electron chi connectivity index (χ2n) is 7.36. The van der Waals surface area contributed by atoms with Crippen LogP contribution in [0.2, 0.25) is 0 Å². The highest BCUT2D eigenvalue weighted by Crippen LogP contribution is 2.38. The predicted octanol–water partition coefficient (Wildman–Crippen LogP) is 3.47. The molecular weight excluding hydrogens is 313 g/mol. The fraction of sp³-hybridized carbons (Fsp3) is 0.556. The molecule has 6 heteroatoms. The Bertz CT molecular complexity index is 598. The van der Waals surface area contributed by atoms with Gasteiger partial charge in [0.25, 0.3) is 0 Å². The van der Waals surface area contributed by atoms with Crippen LogP contribution in [0.15, 0.2) is 24.3 Å². The highest BCUT2D eigenvalue weighted by molar-refractivity contribution is 5.78. The summed E-state index contributed by atoms with van der Waals surface area (Å²) in [5.41, 5.74) is -0.556. The van der Waals surface area contributed by atoms with Crippen LogP contribution in [0.3, 0.4) is 0 Å². The van der Waals surface area contributed by atoms with Crippen LogP contribution in [0.1, 0.15) is 39.2 Å². The molecule has 0 unspecified atom stereocenters. The van der Waals surface area contributed by atoms with Gasteiger partial charge in [-0.25, -0.2) is 9.18 Å². The number of hydrogen-bond donors (Lipinski definition) is 1. The van der Waals surface area contributed by atoms with Crippen molar-refractivity contribution in [3.8, 4) is 0 Å². The Labute approximate surface area is 141 Å². The van der Waals surface area contributed by atoms with Gasteiger partial charge in [-0.15, -0.1) is 0 Å². The van der Waals surface area contributed by atoms with Crippen LogP contribution in [-0.2, 0) is 16.0 Å². The molecule has 0 radical (unpaired) electrons. The smallest absolute Gasteiger partial charge is 0.407 e. The largest absolute Gasteiger partial charge is 0.465 e. The molecule has 0 aromatic heterocycles. The number of carbonyl (C=O) groups excluding carboxylic acids is 1. The minimum Gasteiger partial charge on any atom is -0.465 e. The molecule has 24 heavy (non-hydrogen) atoms. The first kappa shape index (κ1) is 18.2. The maximum atomic E-state index is 13.1. The number of nitrogens with zero attached hydrogens (tertiary/aromatic N) is 1. The second kappa shape index (κ2) is 6.79. The van der Waals surface area contributed by atoms with Crippen molar-refractivity contribution < 1.29 is 23.8 Å². The van der Waals surface area contributed by atoms with Gasteiger partial charge in [-0.05, 0) is 57.7 Å². The number of ether oxygens (including phenoxy) is 1. The van der Waals surface area contributed by atoms with Gasteiger partial charge in [-0.3, -0.25) is 4.79 Å². The van der Waals surface area contributed by atoms with E-state index in [0.29, 0.717) is 19.3 Å². The molecule has 2 rings (SSSR count). The van der Waals surface area contributed by atoms with E-state index in [0.717, 1.165) is 5.56 Å². The molecular formula is C18H24FNO4. The van der Waals surface area contributed by atoms with Crippen molar-refractivity contribution in [2.45, 2.75) is 45.6 Å². The third kappa shape index (κ3) is 4.46. The lowest BCUT2D eigenvalue weighted by molar-refractivity contribution is -0.170. The molecule has 1 amide bonds. The minimum atomic E-state index is -0.977. The van der Waals surface area contributed by atoms with Gasteiger partial charge in [-0.2, -0.15) is 0 Å². The van der Waals surface area contributed by atoms with E-state index in [1.54, 1.807) is 12.1 Å². The number of hydrogen-bond acceptors (Lipinski definition) is 3. The molecule has 1 saturated heterocycles. The van der Waals surface area contributed by atoms with Crippen LogP contribution in [0.5, 0.6) is 0 Å². The van der Waals surface area contributed by atoms with Crippen molar-refractivity contribution in [3.63, 3.8) is 0 Å². The molecule has 0 spiro atoms. The zero-order valence-electron chi connectivity index (χ0n) is 14.3. The van der Waals surface area contributed by atoms with Gasteiger partial charge >= 0.3 is 12.1 Å². The molecule has 0 atom stereocenters. The molecule has 1 heterocycles. The van der Waals surface area contributed by atoms with Gasteiger partial charge in [0.15, 0.2) is 0 Å². The van der Waals surface area contributed by atoms with Crippen LogP contribution < -0.4 is 0 Å². The van der Waals surface area contributed by atoms with Gasteiger partial charge < -0.3 is 14.7 Å². The van der Waals surface area contributed by atoms with E-state index < -0.39 is 17.1 Å². The summed E-state index contributed by atoms with van der Waals surface area (Å²) in [5, 5.41) is 9.12. The van der Waals surface area contributed by atoms with E-state index in [9.17, 15) is 14.0 Å². The molecule has 132 valence electrons. The number of benzene rings is 1. The van der Waals surface area contributed by atoms with Crippen molar-refractivity contribution in [2.24, 2.45) is 5.41 Å². The van der Waals surface area contributed by atoms with Crippen LogP contribution in [0, 0.1) is 11.2 Å². The van der Waals surface area contributed by atoms with Crippen molar-refractivity contribution in [2.75, 3.05) is 13.1 Å². The summed E-state index contributed by atoms with van der Waals surface area (Å²) in [6, 6.07) is 6.05. The Balaban J connectivity index is 2.23. The SMILES string of the molecule is CC(C)(C)OC(=O)C1(Cc2ccc(F)cc2)CCN(C(=O)O)CC1. The van der Waals surface area contributed by atoms with Crippen LogP contribution >= 0.6 is 0 Å². The third-order valence-corrected chi connectivity index (χ3v) is 4.28. The topological polar surface area (TPSA) is 66.8 Å². The zero-order valence-corrected chi connectivity index (χ0v) is 14.3. The molecule has 1 aliphatic rings. The van der Waals surface area contributed by atoms with Gasteiger partial charge in [0.05, 0.1) is 5.41 Å². The summed E-state index contributed by atoms with van der Waals surface area (Å²) in [4.78, 5) is 25.3. The van der Waals surface area contributed by atoms with E-state index in [2.05, 4.69) is 0 Å². The molecule has 0 aliphatic carbocycles. The number of piperidine rings is 1. The quantitative estimate of drug-likeness (QED) is 0.858. The molecule has 5 nitrogen and oxygen atoms in total. The maximum absolute atomic E-state index is 13.1. The van der Waals surface area contributed by atoms with Crippen molar-refractivity contribution in [3.05, 3.63) is 35.6 Å². The van der Waals surface area contributed by atoms with Crippen molar-refractivity contribution in [1.29, 1.82) is 0 Å². The van der Waals surface area contributed by atoms with Crippen LogP contribution in [-0.4, -0.2) is 40.8 Å². The lowest BCUT2D eigenvalue weighted by Crippen LogP contribution is -2.49. The first-order valence-corrected chi connectivity index (χ1v) is 8.07. The number of halogens is 1. The van der Waals surface area contributed by atoms with Gasteiger partial charge in [0.2, 0.25) is 0 Å². The number of carboxylic acid groups (broad SMARTS) is 1. The fourth-order valence-corrected chi connectivity index (χ4v) is 2.96. The number of likely N-dealkylation sites (tertiary alicyclic amines) is 1. The van der Waals surface area contributed by atoms with E-state index in [4.69, 9.17) is 9.84 Å². The summed E-state index contributed by atoms with van der Waals surface area (Å²) < 4.78 is 18.7. The average molecular weight is 337 g/mol. The van der Waals surface area contributed by atoms with E-state index in [1.165, 1.54) is 17.0 Å².